The van der Waals surface area contributed by atoms with Crippen LogP contribution in [0.3, 0.4) is 0 Å². The maximum atomic E-state index is 8.39. The van der Waals surface area contributed by atoms with Crippen LogP contribution in [0.25, 0.3) is 0 Å². The fraction of sp³-hybridized carbons (Fsp3) is 0.154. The van der Waals surface area contributed by atoms with Crippen molar-refractivity contribution in [1.29, 1.82) is 5.26 Å². The molecule has 0 atom stereocenters. The monoisotopic (exact) mass is 244 g/mol. The Balaban J connectivity index is 1.88. The SMILES string of the molecule is N#CCOc1ccc(NCc2ccsc2)cc1. The Kier molecular flexibility index (Phi) is 4.00. The zero-order valence-corrected chi connectivity index (χ0v) is 10.0. The molecule has 3 nitrogen and oxygen atoms in total. The number of hydrogen-bond acceptors (Lipinski definition) is 4. The van der Waals surface area contributed by atoms with Crippen molar-refractivity contribution in [3.8, 4) is 11.8 Å². The molecule has 0 aliphatic heterocycles. The molecule has 0 saturated carbocycles. The number of rotatable bonds is 5. The summed E-state index contributed by atoms with van der Waals surface area (Å²) in [6, 6.07) is 11.6. The highest BCUT2D eigenvalue weighted by Gasteiger charge is 1.96. The first-order valence-corrected chi connectivity index (χ1v) is 6.17. The molecule has 2 rings (SSSR count). The van der Waals surface area contributed by atoms with E-state index in [4.69, 9.17) is 10.00 Å². The van der Waals surface area contributed by atoms with Crippen molar-refractivity contribution in [2.75, 3.05) is 11.9 Å². The minimum absolute atomic E-state index is 0.0850. The van der Waals surface area contributed by atoms with Crippen LogP contribution in [-0.4, -0.2) is 6.61 Å². The first-order chi connectivity index (χ1) is 8.38. The van der Waals surface area contributed by atoms with Crippen LogP contribution >= 0.6 is 11.3 Å². The van der Waals surface area contributed by atoms with E-state index >= 15 is 0 Å². The van der Waals surface area contributed by atoms with Crippen LogP contribution in [0.2, 0.25) is 0 Å². The van der Waals surface area contributed by atoms with E-state index in [1.807, 2.05) is 30.3 Å². The van der Waals surface area contributed by atoms with Gasteiger partial charge in [0, 0.05) is 12.2 Å². The normalized spacial score (nSPS) is 9.59. The van der Waals surface area contributed by atoms with Gasteiger partial charge < -0.3 is 10.1 Å². The summed E-state index contributed by atoms with van der Waals surface area (Å²) < 4.78 is 5.17. The van der Waals surface area contributed by atoms with Gasteiger partial charge in [0.15, 0.2) is 6.61 Å². The van der Waals surface area contributed by atoms with E-state index in [0.717, 1.165) is 12.2 Å². The lowest BCUT2D eigenvalue weighted by Gasteiger charge is -2.06. The summed E-state index contributed by atoms with van der Waals surface area (Å²) in [4.78, 5) is 0. The summed E-state index contributed by atoms with van der Waals surface area (Å²) in [5.74, 6) is 0.715. The van der Waals surface area contributed by atoms with E-state index in [2.05, 4.69) is 22.1 Å². The average Bonchev–Trinajstić information content (AvgIpc) is 2.88. The number of nitrogens with zero attached hydrogens (tertiary/aromatic N) is 1. The number of nitriles is 1. The lowest BCUT2D eigenvalue weighted by atomic mass is 10.3. The number of ether oxygens (including phenoxy) is 1. The number of anilines is 1. The molecule has 0 amide bonds. The molecule has 2 aromatic rings. The standard InChI is InChI=1S/C13H12N2OS/c14-6-7-16-13-3-1-12(2-4-13)15-9-11-5-8-17-10-11/h1-5,8,10,15H,7,9H2. The van der Waals surface area contributed by atoms with Gasteiger partial charge in [-0.25, -0.2) is 0 Å². The number of hydrogen-bond donors (Lipinski definition) is 1. The molecule has 0 spiro atoms. The van der Waals surface area contributed by atoms with Gasteiger partial charge in [0.25, 0.3) is 0 Å². The highest BCUT2D eigenvalue weighted by Crippen LogP contribution is 2.16. The van der Waals surface area contributed by atoms with E-state index in [9.17, 15) is 0 Å². The molecule has 1 heterocycles. The van der Waals surface area contributed by atoms with Gasteiger partial charge in [-0.05, 0) is 46.7 Å². The van der Waals surface area contributed by atoms with Gasteiger partial charge in [0.1, 0.15) is 11.8 Å². The third-order valence-electron chi connectivity index (χ3n) is 2.23. The van der Waals surface area contributed by atoms with Crippen LogP contribution in [0.15, 0.2) is 41.1 Å². The molecule has 0 aliphatic rings. The van der Waals surface area contributed by atoms with Gasteiger partial charge in [-0.15, -0.1) is 0 Å². The molecule has 4 heteroatoms. The molecule has 1 aromatic heterocycles. The highest BCUT2D eigenvalue weighted by atomic mass is 32.1. The Hall–Kier alpha value is -1.99. The maximum absolute atomic E-state index is 8.39. The molecule has 0 fully saturated rings. The Bertz CT molecular complexity index is 485. The molecular formula is C13H12N2OS. The first-order valence-electron chi connectivity index (χ1n) is 5.23. The number of nitrogens with one attached hydrogen (secondary N) is 1. The average molecular weight is 244 g/mol. The van der Waals surface area contributed by atoms with Crippen molar-refractivity contribution in [3.05, 3.63) is 46.7 Å². The zero-order chi connectivity index (χ0) is 11.9. The fourth-order valence-corrected chi connectivity index (χ4v) is 2.05. The third kappa shape index (κ3) is 3.51. The summed E-state index contributed by atoms with van der Waals surface area (Å²) in [7, 11) is 0. The molecule has 1 N–H and O–H groups in total. The molecule has 0 unspecified atom stereocenters. The van der Waals surface area contributed by atoms with Crippen LogP contribution in [0, 0.1) is 11.3 Å². The Morgan fingerprint density at radius 3 is 2.71 bits per heavy atom. The summed E-state index contributed by atoms with van der Waals surface area (Å²) in [5, 5.41) is 15.9. The second kappa shape index (κ2) is 5.92. The van der Waals surface area contributed by atoms with E-state index in [0.29, 0.717) is 5.75 Å². The molecule has 0 saturated heterocycles. The predicted octanol–water partition coefficient (Wildman–Crippen LogP) is 3.26. The fourth-order valence-electron chi connectivity index (χ4n) is 1.38. The number of benzene rings is 1. The van der Waals surface area contributed by atoms with Crippen molar-refractivity contribution in [3.63, 3.8) is 0 Å². The summed E-state index contributed by atoms with van der Waals surface area (Å²) in [5.41, 5.74) is 2.32. The molecule has 17 heavy (non-hydrogen) atoms. The minimum atomic E-state index is 0.0850. The lowest BCUT2D eigenvalue weighted by Crippen LogP contribution is -1.98. The second-order valence-corrected chi connectivity index (χ2v) is 4.24. The first kappa shape index (κ1) is 11.5. The van der Waals surface area contributed by atoms with Crippen molar-refractivity contribution in [1.82, 2.24) is 0 Å². The van der Waals surface area contributed by atoms with Gasteiger partial charge in [-0.3, -0.25) is 0 Å². The Morgan fingerprint density at radius 1 is 1.24 bits per heavy atom. The quantitative estimate of drug-likeness (QED) is 0.878. The van der Waals surface area contributed by atoms with Gasteiger partial charge in [0.05, 0.1) is 0 Å². The summed E-state index contributed by atoms with van der Waals surface area (Å²) >= 11 is 1.70. The molecule has 1 aromatic carbocycles. The Morgan fingerprint density at radius 2 is 2.06 bits per heavy atom. The minimum Gasteiger partial charge on any atom is -0.479 e. The van der Waals surface area contributed by atoms with E-state index < -0.39 is 0 Å². The highest BCUT2D eigenvalue weighted by molar-refractivity contribution is 7.07. The molecule has 0 bridgehead atoms. The zero-order valence-electron chi connectivity index (χ0n) is 9.22. The van der Waals surface area contributed by atoms with E-state index in [-0.39, 0.29) is 6.61 Å². The summed E-state index contributed by atoms with van der Waals surface area (Å²) in [6.45, 7) is 0.906. The van der Waals surface area contributed by atoms with Gasteiger partial charge in [-0.2, -0.15) is 16.6 Å². The Labute approximate surface area is 104 Å². The van der Waals surface area contributed by atoms with Crippen LogP contribution in [0.5, 0.6) is 5.75 Å². The maximum Gasteiger partial charge on any atom is 0.174 e. The lowest BCUT2D eigenvalue weighted by molar-refractivity contribution is 0.368. The van der Waals surface area contributed by atoms with Crippen molar-refractivity contribution < 1.29 is 4.74 Å². The number of thiophene rings is 1. The van der Waals surface area contributed by atoms with Crippen molar-refractivity contribution >= 4 is 17.0 Å². The molecule has 0 radical (unpaired) electrons. The topological polar surface area (TPSA) is 45.0 Å². The molecule has 0 aliphatic carbocycles. The van der Waals surface area contributed by atoms with E-state index in [1.54, 1.807) is 11.3 Å². The van der Waals surface area contributed by atoms with Crippen LogP contribution in [0.1, 0.15) is 5.56 Å². The van der Waals surface area contributed by atoms with Gasteiger partial charge >= 0.3 is 0 Å². The van der Waals surface area contributed by atoms with Gasteiger partial charge in [0.2, 0.25) is 0 Å². The third-order valence-corrected chi connectivity index (χ3v) is 2.97. The summed E-state index contributed by atoms with van der Waals surface area (Å²) in [6.07, 6.45) is 0. The smallest absolute Gasteiger partial charge is 0.174 e. The van der Waals surface area contributed by atoms with Crippen LogP contribution in [0.4, 0.5) is 5.69 Å². The van der Waals surface area contributed by atoms with Crippen LogP contribution < -0.4 is 10.1 Å². The van der Waals surface area contributed by atoms with Crippen molar-refractivity contribution in [2.24, 2.45) is 0 Å². The predicted molar refractivity (Wildman–Crippen MR) is 69.2 cm³/mol. The molecule has 86 valence electrons. The van der Waals surface area contributed by atoms with E-state index in [1.165, 1.54) is 5.56 Å². The molecular weight excluding hydrogens is 232 g/mol. The van der Waals surface area contributed by atoms with Gasteiger partial charge in [-0.1, -0.05) is 0 Å². The van der Waals surface area contributed by atoms with Crippen molar-refractivity contribution in [2.45, 2.75) is 6.54 Å². The second-order valence-electron chi connectivity index (χ2n) is 3.46. The largest absolute Gasteiger partial charge is 0.479 e. The van der Waals surface area contributed by atoms with Crippen LogP contribution in [-0.2, 0) is 6.54 Å².